The number of aryl methyl sites for hydroxylation is 1. The van der Waals surface area contributed by atoms with Crippen molar-refractivity contribution in [2.45, 2.75) is 38.8 Å². The molecule has 5 aromatic rings. The van der Waals surface area contributed by atoms with Gasteiger partial charge in [-0.05, 0) is 36.8 Å². The Labute approximate surface area is 237 Å². The van der Waals surface area contributed by atoms with Gasteiger partial charge in [-0.15, -0.1) is 10.2 Å². The van der Waals surface area contributed by atoms with Gasteiger partial charge < -0.3 is 9.32 Å². The number of nitrogens with zero attached hydrogens (tertiary/aromatic N) is 4. The normalized spacial score (nSPS) is 17.8. The third kappa shape index (κ3) is 3.46. The molecule has 1 unspecified atom stereocenters. The number of fused-ring (bicyclic) bond motifs is 5. The molecule has 1 spiro atoms. The Morgan fingerprint density at radius 2 is 1.76 bits per heavy atom. The predicted octanol–water partition coefficient (Wildman–Crippen LogP) is 5.67. The van der Waals surface area contributed by atoms with Crippen LogP contribution in [-0.4, -0.2) is 22.0 Å². The van der Waals surface area contributed by atoms with Gasteiger partial charge in [-0.25, -0.2) is 4.39 Å². The van der Waals surface area contributed by atoms with E-state index in [-0.39, 0.29) is 39.9 Å². The molecule has 0 saturated heterocycles. The molecule has 41 heavy (non-hydrogen) atoms. The highest BCUT2D eigenvalue weighted by Crippen LogP contribution is 2.54. The second kappa shape index (κ2) is 8.90. The first kappa shape index (κ1) is 25.3. The zero-order chi connectivity index (χ0) is 28.6. The average molecular weight is 567 g/mol. The van der Waals surface area contributed by atoms with E-state index in [1.165, 1.54) is 22.3 Å². The smallest absolute Gasteiger partial charge is 0.297 e. The molecule has 2 amide bonds. The zero-order valence-electron chi connectivity index (χ0n) is 22.3. The van der Waals surface area contributed by atoms with Crippen LogP contribution in [0, 0.1) is 12.7 Å². The van der Waals surface area contributed by atoms with E-state index in [0.717, 1.165) is 23.3 Å². The Morgan fingerprint density at radius 3 is 2.49 bits per heavy atom. The van der Waals surface area contributed by atoms with Gasteiger partial charge in [0.2, 0.25) is 10.9 Å². The second-order valence-electron chi connectivity index (χ2n) is 10.6. The monoisotopic (exact) mass is 566 g/mol. The molecule has 8 nitrogen and oxygen atoms in total. The summed E-state index contributed by atoms with van der Waals surface area (Å²) in [6, 6.07) is 18.4. The van der Waals surface area contributed by atoms with E-state index in [1.54, 1.807) is 29.2 Å². The van der Waals surface area contributed by atoms with Crippen molar-refractivity contribution in [1.82, 2.24) is 10.2 Å². The maximum absolute atomic E-state index is 14.9. The lowest BCUT2D eigenvalue weighted by molar-refractivity contribution is -0.121. The number of halogens is 1. The molecule has 10 heteroatoms. The summed E-state index contributed by atoms with van der Waals surface area (Å²) in [7, 11) is 0. The van der Waals surface area contributed by atoms with Crippen molar-refractivity contribution in [2.75, 3.05) is 9.80 Å². The highest BCUT2D eigenvalue weighted by molar-refractivity contribution is 7.15. The maximum Gasteiger partial charge on any atom is 0.297 e. The van der Waals surface area contributed by atoms with Gasteiger partial charge in [0.05, 0.1) is 23.2 Å². The van der Waals surface area contributed by atoms with E-state index in [0.29, 0.717) is 16.3 Å². The maximum atomic E-state index is 14.9. The molecule has 0 bridgehead atoms. The number of anilines is 2. The van der Waals surface area contributed by atoms with Gasteiger partial charge in [-0.3, -0.25) is 19.3 Å². The van der Waals surface area contributed by atoms with Gasteiger partial charge >= 0.3 is 0 Å². The van der Waals surface area contributed by atoms with Crippen LogP contribution in [0.2, 0.25) is 0 Å². The van der Waals surface area contributed by atoms with Crippen molar-refractivity contribution in [3.05, 3.63) is 116 Å². The van der Waals surface area contributed by atoms with Crippen molar-refractivity contribution in [3.8, 4) is 0 Å². The molecule has 2 aliphatic rings. The first-order chi connectivity index (χ1) is 19.7. The molecule has 3 aromatic carbocycles. The number of hydrogen-bond donors (Lipinski definition) is 0. The third-order valence-corrected chi connectivity index (χ3v) is 8.87. The fourth-order valence-electron chi connectivity index (χ4n) is 5.72. The molecular weight excluding hydrogens is 543 g/mol. The third-order valence-electron chi connectivity index (χ3n) is 7.66. The van der Waals surface area contributed by atoms with E-state index in [1.807, 2.05) is 45.0 Å². The topological polar surface area (TPSA) is 96.6 Å². The van der Waals surface area contributed by atoms with E-state index in [9.17, 15) is 18.8 Å². The Kier molecular flexibility index (Phi) is 5.49. The number of carbonyl (C=O) groups is 2. The van der Waals surface area contributed by atoms with E-state index >= 15 is 0 Å². The molecule has 2 aromatic heterocycles. The molecule has 0 fully saturated rings. The number of para-hydroxylation sites is 1. The fraction of sp³-hybridized carbons (Fsp3) is 0.194. The largest absolute Gasteiger partial charge is 0.450 e. The van der Waals surface area contributed by atoms with Crippen molar-refractivity contribution in [1.29, 1.82) is 0 Å². The zero-order valence-corrected chi connectivity index (χ0v) is 23.2. The van der Waals surface area contributed by atoms with E-state index in [2.05, 4.69) is 10.2 Å². The van der Waals surface area contributed by atoms with E-state index < -0.39 is 28.6 Å². The quantitative estimate of drug-likeness (QED) is 0.278. The Bertz CT molecular complexity index is 1970. The number of amides is 2. The highest BCUT2D eigenvalue weighted by atomic mass is 32.1. The van der Waals surface area contributed by atoms with Crippen LogP contribution in [0.3, 0.4) is 0 Å². The minimum absolute atomic E-state index is 0.0206. The summed E-state index contributed by atoms with van der Waals surface area (Å²) in [6.07, 6.45) is 0. The molecular formula is C31H23FN4O4S. The van der Waals surface area contributed by atoms with Gasteiger partial charge in [0.25, 0.3) is 11.8 Å². The van der Waals surface area contributed by atoms with Crippen molar-refractivity contribution >= 4 is 44.9 Å². The Balaban J connectivity index is 1.54. The summed E-state index contributed by atoms with van der Waals surface area (Å²) in [5, 5.41) is 9.36. The fourth-order valence-corrected chi connectivity index (χ4v) is 6.62. The molecule has 0 aliphatic carbocycles. The summed E-state index contributed by atoms with van der Waals surface area (Å²) in [4.78, 5) is 46.2. The summed E-state index contributed by atoms with van der Waals surface area (Å²) < 4.78 is 20.3. The van der Waals surface area contributed by atoms with Gasteiger partial charge in [-0.1, -0.05) is 73.2 Å². The van der Waals surface area contributed by atoms with Crippen LogP contribution in [0.1, 0.15) is 57.6 Å². The van der Waals surface area contributed by atoms with Gasteiger partial charge in [0.1, 0.15) is 16.4 Å². The molecule has 0 saturated carbocycles. The van der Waals surface area contributed by atoms with Crippen LogP contribution >= 0.6 is 11.3 Å². The lowest BCUT2D eigenvalue weighted by Crippen LogP contribution is -2.53. The van der Waals surface area contributed by atoms with Crippen LogP contribution in [0.5, 0.6) is 0 Å². The van der Waals surface area contributed by atoms with Crippen LogP contribution in [0.25, 0.3) is 11.0 Å². The summed E-state index contributed by atoms with van der Waals surface area (Å²) >= 11 is 1.18. The van der Waals surface area contributed by atoms with Gasteiger partial charge in [-0.2, -0.15) is 0 Å². The molecule has 7 rings (SSSR count). The summed E-state index contributed by atoms with van der Waals surface area (Å²) in [6.45, 7) is 6.09. The first-order valence-corrected chi connectivity index (χ1v) is 13.9. The number of carbonyl (C=O) groups excluding carboxylic acids is 2. The summed E-state index contributed by atoms with van der Waals surface area (Å²) in [5.74, 6) is -2.07. The van der Waals surface area contributed by atoms with Crippen LogP contribution < -0.4 is 15.2 Å². The van der Waals surface area contributed by atoms with Crippen molar-refractivity contribution in [3.63, 3.8) is 0 Å². The number of benzene rings is 3. The van der Waals surface area contributed by atoms with Crippen LogP contribution in [0.15, 0.2) is 75.9 Å². The molecule has 204 valence electrons. The predicted molar refractivity (Wildman–Crippen MR) is 153 cm³/mol. The van der Waals surface area contributed by atoms with Crippen molar-refractivity contribution in [2.24, 2.45) is 0 Å². The molecule has 1 atom stereocenters. The molecule has 0 N–H and O–H groups in total. The Hall–Kier alpha value is -4.70. The standard InChI is InChI=1S/C31H23FN4O4S/c1-16(2)27-33-34-30(41-27)36-28(38)26-24(25(37)20-14-19(32)12-13-23(20)40-26)31(36)21-6-4-5-7-22(21)35(29(31)39)15-18-10-8-17(3)9-11-18/h4-14,16H,15H2,1-3H3. The average Bonchev–Trinajstić information content (AvgIpc) is 3.61. The van der Waals surface area contributed by atoms with Crippen LogP contribution in [0.4, 0.5) is 15.2 Å². The number of rotatable bonds is 4. The molecule has 2 aliphatic heterocycles. The minimum Gasteiger partial charge on any atom is -0.450 e. The van der Waals surface area contributed by atoms with Gasteiger partial charge in [0, 0.05) is 11.5 Å². The Morgan fingerprint density at radius 1 is 1.00 bits per heavy atom. The lowest BCUT2D eigenvalue weighted by atomic mass is 9.84. The van der Waals surface area contributed by atoms with Gasteiger partial charge in [0.15, 0.2) is 11.0 Å². The first-order valence-electron chi connectivity index (χ1n) is 13.1. The van der Waals surface area contributed by atoms with Crippen LogP contribution in [-0.2, 0) is 16.9 Å². The highest BCUT2D eigenvalue weighted by Gasteiger charge is 2.66. The molecule has 0 radical (unpaired) electrons. The number of aromatic nitrogens is 2. The van der Waals surface area contributed by atoms with E-state index in [4.69, 9.17) is 4.42 Å². The summed E-state index contributed by atoms with van der Waals surface area (Å²) in [5.41, 5.74) is 0.283. The second-order valence-corrected chi connectivity index (χ2v) is 11.6. The number of hydrogen-bond acceptors (Lipinski definition) is 7. The lowest BCUT2D eigenvalue weighted by Gasteiger charge is -2.32. The van der Waals surface area contributed by atoms with Crippen molar-refractivity contribution < 1.29 is 18.4 Å². The molecule has 4 heterocycles. The SMILES string of the molecule is Cc1ccc(CN2C(=O)C3(c4ccccc42)c2c(oc4ccc(F)cc4c2=O)C(=O)N3c2nnc(C(C)C)s2)cc1. The minimum atomic E-state index is -1.91.